The lowest BCUT2D eigenvalue weighted by Crippen LogP contribution is -2.48. The van der Waals surface area contributed by atoms with Crippen LogP contribution in [0.2, 0.25) is 0 Å². The van der Waals surface area contributed by atoms with E-state index >= 15 is 0 Å². The first-order valence-electron chi connectivity index (χ1n) is 13.9. The number of nitrogens with two attached hydrogens (primary N) is 1. The molecular weight excluding hydrogens is 464 g/mol. The Morgan fingerprint density at radius 1 is 1.00 bits per heavy atom. The number of benzene rings is 2. The highest BCUT2D eigenvalue weighted by Crippen LogP contribution is 2.36. The molecule has 198 valence electrons. The normalized spacial score (nSPS) is 20.1. The number of carbonyl (C=O) groups is 1. The van der Waals surface area contributed by atoms with Crippen molar-refractivity contribution in [3.05, 3.63) is 59.2 Å². The van der Waals surface area contributed by atoms with E-state index in [0.29, 0.717) is 35.2 Å². The number of anilines is 2. The molecular formula is C30H40N4O3. The van der Waals surface area contributed by atoms with E-state index in [9.17, 15) is 4.79 Å². The van der Waals surface area contributed by atoms with Crippen molar-refractivity contribution in [2.45, 2.75) is 69.5 Å². The average Bonchev–Trinajstić information content (AvgIpc) is 3.45. The highest BCUT2D eigenvalue weighted by Gasteiger charge is 2.36. The van der Waals surface area contributed by atoms with Crippen molar-refractivity contribution in [2.75, 3.05) is 43.5 Å². The lowest BCUT2D eigenvalue weighted by atomic mass is 9.84. The van der Waals surface area contributed by atoms with Gasteiger partial charge in [-0.3, -0.25) is 10.2 Å². The van der Waals surface area contributed by atoms with Gasteiger partial charge in [-0.05, 0) is 56.0 Å². The van der Waals surface area contributed by atoms with Crippen LogP contribution in [0.25, 0.3) is 0 Å². The number of amides is 1. The average molecular weight is 505 g/mol. The molecule has 2 aromatic rings. The van der Waals surface area contributed by atoms with Gasteiger partial charge < -0.3 is 25.4 Å². The summed E-state index contributed by atoms with van der Waals surface area (Å²) in [7, 11) is 0. The molecule has 0 aromatic heterocycles. The van der Waals surface area contributed by atoms with E-state index in [-0.39, 0.29) is 11.5 Å². The Hall–Kier alpha value is -2.90. The highest BCUT2D eigenvalue weighted by atomic mass is 16.5. The SMILES string of the molecule is N=C(c1ccc(N2CCOCC2)cc1)c1cc(C(=O)NCC2(OC3CCCC3)CCCCC2)ccc1N. The molecule has 2 saturated carbocycles. The van der Waals surface area contributed by atoms with E-state index < -0.39 is 0 Å². The molecule has 1 aliphatic heterocycles. The number of morpholine rings is 1. The minimum absolute atomic E-state index is 0.142. The van der Waals surface area contributed by atoms with Crippen LogP contribution in [0.1, 0.15) is 79.3 Å². The van der Waals surface area contributed by atoms with Gasteiger partial charge in [0.25, 0.3) is 5.91 Å². The largest absolute Gasteiger partial charge is 0.398 e. The van der Waals surface area contributed by atoms with E-state index in [1.165, 1.54) is 19.3 Å². The number of nitrogen functional groups attached to an aromatic ring is 1. The topological polar surface area (TPSA) is 101 Å². The Bertz CT molecular complexity index is 1080. The number of rotatable bonds is 8. The van der Waals surface area contributed by atoms with Crippen LogP contribution in [-0.4, -0.2) is 56.2 Å². The maximum Gasteiger partial charge on any atom is 0.251 e. The quantitative estimate of drug-likeness (QED) is 0.350. The van der Waals surface area contributed by atoms with Crippen molar-refractivity contribution in [2.24, 2.45) is 0 Å². The van der Waals surface area contributed by atoms with E-state index in [0.717, 1.165) is 76.1 Å². The zero-order chi connectivity index (χ0) is 25.7. The van der Waals surface area contributed by atoms with Gasteiger partial charge >= 0.3 is 0 Å². The summed E-state index contributed by atoms with van der Waals surface area (Å²) in [6, 6.07) is 13.2. The molecule has 3 fully saturated rings. The lowest BCUT2D eigenvalue weighted by Gasteiger charge is -2.39. The van der Waals surface area contributed by atoms with E-state index in [2.05, 4.69) is 10.2 Å². The monoisotopic (exact) mass is 504 g/mol. The van der Waals surface area contributed by atoms with E-state index in [1.54, 1.807) is 18.2 Å². The van der Waals surface area contributed by atoms with Crippen molar-refractivity contribution < 1.29 is 14.3 Å². The Morgan fingerprint density at radius 3 is 2.38 bits per heavy atom. The molecule has 0 unspecified atom stereocenters. The predicted molar refractivity (Wildman–Crippen MR) is 148 cm³/mol. The molecule has 7 heteroatoms. The Balaban J connectivity index is 1.26. The molecule has 0 bridgehead atoms. The van der Waals surface area contributed by atoms with Crippen LogP contribution in [0, 0.1) is 5.41 Å². The maximum atomic E-state index is 13.2. The predicted octanol–water partition coefficient (Wildman–Crippen LogP) is 4.91. The third kappa shape index (κ3) is 6.16. The summed E-state index contributed by atoms with van der Waals surface area (Å²) >= 11 is 0. The Morgan fingerprint density at radius 2 is 1.68 bits per heavy atom. The van der Waals surface area contributed by atoms with Gasteiger partial charge in [-0.2, -0.15) is 0 Å². The van der Waals surface area contributed by atoms with Gasteiger partial charge in [0.2, 0.25) is 0 Å². The van der Waals surface area contributed by atoms with Gasteiger partial charge in [-0.1, -0.05) is 44.2 Å². The summed E-state index contributed by atoms with van der Waals surface area (Å²) in [6.45, 7) is 3.73. The first kappa shape index (κ1) is 25.7. The highest BCUT2D eigenvalue weighted by molar-refractivity contribution is 6.15. The second kappa shape index (κ2) is 11.7. The summed E-state index contributed by atoms with van der Waals surface area (Å²) in [5.41, 5.74) is 9.80. The van der Waals surface area contributed by atoms with Gasteiger partial charge in [0.05, 0.1) is 30.6 Å². The standard InChI is InChI=1S/C30H40N4O3/c31-27-13-10-23(29(35)33-21-30(14-4-1-5-15-30)37-25-6-2-3-7-25)20-26(27)28(32)22-8-11-24(12-9-22)34-16-18-36-19-17-34/h8-13,20,25,32H,1-7,14-19,21,31H2,(H,33,35). The molecule has 3 aliphatic rings. The van der Waals surface area contributed by atoms with Gasteiger partial charge in [-0.15, -0.1) is 0 Å². The first-order valence-corrected chi connectivity index (χ1v) is 13.9. The van der Waals surface area contributed by atoms with Gasteiger partial charge in [0, 0.05) is 47.7 Å². The molecule has 0 radical (unpaired) electrons. The minimum Gasteiger partial charge on any atom is -0.398 e. The first-order chi connectivity index (χ1) is 18.0. The van der Waals surface area contributed by atoms with Crippen LogP contribution in [-0.2, 0) is 9.47 Å². The number of ether oxygens (including phenoxy) is 2. The number of nitrogens with one attached hydrogen (secondary N) is 2. The van der Waals surface area contributed by atoms with Gasteiger partial charge in [0.15, 0.2) is 0 Å². The zero-order valence-corrected chi connectivity index (χ0v) is 21.8. The fourth-order valence-corrected chi connectivity index (χ4v) is 5.97. The molecule has 0 atom stereocenters. The molecule has 0 spiro atoms. The molecule has 1 saturated heterocycles. The van der Waals surface area contributed by atoms with Crippen molar-refractivity contribution >= 4 is 23.0 Å². The summed E-state index contributed by atoms with van der Waals surface area (Å²) in [5, 5.41) is 12.0. The zero-order valence-electron chi connectivity index (χ0n) is 21.8. The van der Waals surface area contributed by atoms with E-state index in [4.69, 9.17) is 20.6 Å². The summed E-state index contributed by atoms with van der Waals surface area (Å²) in [5.74, 6) is -0.142. The van der Waals surface area contributed by atoms with Crippen molar-refractivity contribution in [3.8, 4) is 0 Å². The summed E-state index contributed by atoms with van der Waals surface area (Å²) in [6.07, 6.45) is 10.6. The number of nitrogens with zero attached hydrogens (tertiary/aromatic N) is 1. The number of hydrogen-bond acceptors (Lipinski definition) is 6. The summed E-state index contributed by atoms with van der Waals surface area (Å²) in [4.78, 5) is 15.5. The molecule has 2 aliphatic carbocycles. The third-order valence-electron chi connectivity index (χ3n) is 8.17. The van der Waals surface area contributed by atoms with Crippen LogP contribution in [0.5, 0.6) is 0 Å². The van der Waals surface area contributed by atoms with Crippen LogP contribution < -0.4 is 16.0 Å². The molecule has 7 nitrogen and oxygen atoms in total. The van der Waals surface area contributed by atoms with Crippen LogP contribution in [0.4, 0.5) is 11.4 Å². The Labute approximate surface area is 220 Å². The van der Waals surface area contributed by atoms with Gasteiger partial charge in [-0.25, -0.2) is 0 Å². The van der Waals surface area contributed by atoms with E-state index in [1.807, 2.05) is 24.3 Å². The van der Waals surface area contributed by atoms with Crippen LogP contribution >= 0.6 is 0 Å². The number of carbonyl (C=O) groups excluding carboxylic acids is 1. The smallest absolute Gasteiger partial charge is 0.251 e. The minimum atomic E-state index is -0.255. The summed E-state index contributed by atoms with van der Waals surface area (Å²) < 4.78 is 12.1. The van der Waals surface area contributed by atoms with Crippen molar-refractivity contribution in [1.82, 2.24) is 5.32 Å². The third-order valence-corrected chi connectivity index (χ3v) is 8.17. The van der Waals surface area contributed by atoms with Crippen LogP contribution in [0.3, 0.4) is 0 Å². The molecule has 4 N–H and O–H groups in total. The molecule has 37 heavy (non-hydrogen) atoms. The Kier molecular flexibility index (Phi) is 8.11. The second-order valence-electron chi connectivity index (χ2n) is 10.8. The van der Waals surface area contributed by atoms with Gasteiger partial charge in [0.1, 0.15) is 0 Å². The number of hydrogen-bond donors (Lipinski definition) is 3. The molecule has 5 rings (SSSR count). The molecule has 1 amide bonds. The lowest BCUT2D eigenvalue weighted by molar-refractivity contribution is -0.108. The fourth-order valence-electron chi connectivity index (χ4n) is 5.97. The molecule has 2 aromatic carbocycles. The van der Waals surface area contributed by atoms with Crippen LogP contribution in [0.15, 0.2) is 42.5 Å². The second-order valence-corrected chi connectivity index (χ2v) is 10.8. The fraction of sp³-hybridized carbons (Fsp3) is 0.533. The maximum absolute atomic E-state index is 13.2. The van der Waals surface area contributed by atoms with Crippen molar-refractivity contribution in [3.63, 3.8) is 0 Å². The van der Waals surface area contributed by atoms with Crippen molar-refractivity contribution in [1.29, 1.82) is 5.41 Å². The molecule has 1 heterocycles.